The van der Waals surface area contributed by atoms with Crippen LogP contribution in [0.1, 0.15) is 19.9 Å². The molecule has 2 heterocycles. The van der Waals surface area contributed by atoms with Crippen molar-refractivity contribution in [1.29, 1.82) is 0 Å². The molecule has 0 atom stereocenters. The van der Waals surface area contributed by atoms with Gasteiger partial charge in [0.2, 0.25) is 0 Å². The van der Waals surface area contributed by atoms with Crippen LogP contribution < -0.4 is 10.2 Å². The fourth-order valence-electron chi connectivity index (χ4n) is 1.43. The maximum absolute atomic E-state index is 5.64. The quantitative estimate of drug-likeness (QED) is 0.552. The zero-order valence-corrected chi connectivity index (χ0v) is 8.81. The second-order valence-electron chi connectivity index (χ2n) is 3.65. The molecule has 1 N–H and O–H groups in total. The fourth-order valence-corrected chi connectivity index (χ4v) is 1.43. The molecule has 2 radical (unpaired) electrons. The van der Waals surface area contributed by atoms with E-state index in [1.165, 1.54) is 0 Å². The molecule has 0 unspecified atom stereocenters. The second kappa shape index (κ2) is 3.84. The van der Waals surface area contributed by atoms with Crippen molar-refractivity contribution >= 4 is 13.4 Å². The van der Waals surface area contributed by atoms with E-state index in [1.807, 2.05) is 16.7 Å². The van der Waals surface area contributed by atoms with Crippen molar-refractivity contribution in [2.75, 3.05) is 0 Å². The molecule has 0 fully saturated rings. The van der Waals surface area contributed by atoms with Gasteiger partial charge in [-0.05, 0) is 25.5 Å². The Morgan fingerprint density at radius 1 is 1.40 bits per heavy atom. The number of pyridine rings is 1. The largest absolute Gasteiger partial charge is 0.283 e. The molecule has 0 saturated carbocycles. The predicted octanol–water partition coefficient (Wildman–Crippen LogP) is 0.134. The summed E-state index contributed by atoms with van der Waals surface area (Å²) in [7, 11) is 5.64. The first-order valence-electron chi connectivity index (χ1n) is 4.86. The molecular weight excluding hydrogens is 187 g/mol. The van der Waals surface area contributed by atoms with Crippen LogP contribution in [0.3, 0.4) is 0 Å². The van der Waals surface area contributed by atoms with E-state index in [4.69, 9.17) is 7.85 Å². The third kappa shape index (κ3) is 1.91. The topological polar surface area (TPSA) is 45.5 Å². The van der Waals surface area contributed by atoms with Gasteiger partial charge in [0.1, 0.15) is 13.5 Å². The Labute approximate surface area is 89.8 Å². The van der Waals surface area contributed by atoms with E-state index in [1.54, 1.807) is 12.4 Å². The Balaban J connectivity index is 2.49. The zero-order chi connectivity index (χ0) is 10.8. The summed E-state index contributed by atoms with van der Waals surface area (Å²) in [6.45, 7) is 4.18. The van der Waals surface area contributed by atoms with Gasteiger partial charge in [-0.2, -0.15) is 0 Å². The minimum Gasteiger partial charge on any atom is -0.258 e. The molecule has 15 heavy (non-hydrogen) atoms. The average molecular weight is 199 g/mol. The number of aromatic nitrogens is 4. The average Bonchev–Trinajstić information content (AvgIpc) is 2.65. The van der Waals surface area contributed by atoms with Gasteiger partial charge in [-0.3, -0.25) is 4.98 Å². The first-order valence-corrected chi connectivity index (χ1v) is 4.86. The van der Waals surface area contributed by atoms with E-state index in [0.29, 0.717) is 11.6 Å². The van der Waals surface area contributed by atoms with Crippen LogP contribution in [0.15, 0.2) is 24.5 Å². The molecule has 0 aliphatic rings. The van der Waals surface area contributed by atoms with Crippen LogP contribution in [0, 0.1) is 0 Å². The summed E-state index contributed by atoms with van der Waals surface area (Å²) in [6.07, 6.45) is 1.75. The lowest BCUT2D eigenvalue weighted by atomic mass is 10.0. The van der Waals surface area contributed by atoms with Crippen LogP contribution in [0.25, 0.3) is 11.5 Å². The number of nitrogens with zero attached hydrogens (tertiary/aromatic N) is 3. The molecule has 2 aromatic rings. The van der Waals surface area contributed by atoms with Crippen LogP contribution in [0.2, 0.25) is 0 Å². The molecule has 0 bridgehead atoms. The minimum absolute atomic E-state index is 0.335. The monoisotopic (exact) mass is 199 g/mol. The summed E-state index contributed by atoms with van der Waals surface area (Å²) >= 11 is 0. The first-order chi connectivity index (χ1) is 7.18. The third-order valence-corrected chi connectivity index (χ3v) is 2.18. The predicted molar refractivity (Wildman–Crippen MR) is 57.8 cm³/mol. The van der Waals surface area contributed by atoms with Gasteiger partial charge < -0.3 is 0 Å². The molecule has 2 aromatic heterocycles. The van der Waals surface area contributed by atoms with Crippen LogP contribution in [0.5, 0.6) is 0 Å². The first kappa shape index (κ1) is 9.89. The highest BCUT2D eigenvalue weighted by atomic mass is 15.3. The smallest absolute Gasteiger partial charge is 0.258 e. The van der Waals surface area contributed by atoms with Gasteiger partial charge in [0.25, 0.3) is 12.2 Å². The lowest BCUT2D eigenvalue weighted by molar-refractivity contribution is -0.706. The maximum Gasteiger partial charge on any atom is 0.283 e. The summed E-state index contributed by atoms with van der Waals surface area (Å²) < 4.78 is 2.02. The molecule has 5 heteroatoms. The van der Waals surface area contributed by atoms with E-state index in [9.17, 15) is 0 Å². The SMILES string of the molecule is [B]c1cccc(-c2[nH]nc[n+]2C(C)C)n1. The molecule has 0 spiro atoms. The van der Waals surface area contributed by atoms with Crippen molar-refractivity contribution in [2.24, 2.45) is 0 Å². The fraction of sp³-hybridized carbons (Fsp3) is 0.300. The number of H-pyrrole nitrogens is 1. The van der Waals surface area contributed by atoms with Crippen molar-refractivity contribution in [3.63, 3.8) is 0 Å². The molecular formula is C10H12BN4+. The number of rotatable bonds is 2. The van der Waals surface area contributed by atoms with Gasteiger partial charge >= 0.3 is 0 Å². The van der Waals surface area contributed by atoms with Crippen LogP contribution in [-0.2, 0) is 0 Å². The Morgan fingerprint density at radius 2 is 2.20 bits per heavy atom. The number of hydrogen-bond acceptors (Lipinski definition) is 2. The highest BCUT2D eigenvalue weighted by molar-refractivity contribution is 6.30. The highest BCUT2D eigenvalue weighted by Gasteiger charge is 2.16. The van der Waals surface area contributed by atoms with Gasteiger partial charge in [0.05, 0.1) is 6.04 Å². The lowest BCUT2D eigenvalue weighted by Gasteiger charge is -2.04. The standard InChI is InChI=1S/C10H11BN4/c1-7(2)15-6-12-14-10(15)8-4-3-5-9(11)13-8/h3-7H,1-2H3/p+1. The summed E-state index contributed by atoms with van der Waals surface area (Å²) in [6, 6.07) is 5.88. The van der Waals surface area contributed by atoms with E-state index in [2.05, 4.69) is 29.0 Å². The van der Waals surface area contributed by atoms with Gasteiger partial charge in [0, 0.05) is 5.10 Å². The molecule has 0 aliphatic carbocycles. The Kier molecular flexibility index (Phi) is 2.54. The van der Waals surface area contributed by atoms with Crippen molar-refractivity contribution in [3.05, 3.63) is 24.5 Å². The molecule has 74 valence electrons. The molecule has 0 aromatic carbocycles. The van der Waals surface area contributed by atoms with Crippen molar-refractivity contribution in [2.45, 2.75) is 19.9 Å². The van der Waals surface area contributed by atoms with Crippen LogP contribution in [0.4, 0.5) is 0 Å². The Hall–Kier alpha value is -1.65. The van der Waals surface area contributed by atoms with Crippen LogP contribution in [-0.4, -0.2) is 23.0 Å². The van der Waals surface area contributed by atoms with E-state index < -0.39 is 0 Å². The van der Waals surface area contributed by atoms with Crippen molar-refractivity contribution < 1.29 is 4.57 Å². The van der Waals surface area contributed by atoms with Crippen molar-refractivity contribution in [3.8, 4) is 11.5 Å². The van der Waals surface area contributed by atoms with Gasteiger partial charge in [-0.25, -0.2) is 4.57 Å². The second-order valence-corrected chi connectivity index (χ2v) is 3.65. The maximum atomic E-state index is 5.64. The molecule has 0 saturated heterocycles. The molecule has 0 amide bonds. The highest BCUT2D eigenvalue weighted by Crippen LogP contribution is 2.08. The normalized spacial score (nSPS) is 10.9. The summed E-state index contributed by atoms with van der Waals surface area (Å²) in [5.74, 6) is 0.873. The Morgan fingerprint density at radius 3 is 2.87 bits per heavy atom. The Bertz CT molecular complexity index is 464. The molecule has 2 rings (SSSR count). The minimum atomic E-state index is 0.335. The lowest BCUT2D eigenvalue weighted by Crippen LogP contribution is -2.36. The summed E-state index contributed by atoms with van der Waals surface area (Å²) in [5.41, 5.74) is 1.32. The van der Waals surface area contributed by atoms with Gasteiger partial charge in [-0.1, -0.05) is 12.1 Å². The number of hydrogen-bond donors (Lipinski definition) is 1. The van der Waals surface area contributed by atoms with Gasteiger partial charge in [0.15, 0.2) is 0 Å². The number of nitrogens with one attached hydrogen (secondary N) is 1. The van der Waals surface area contributed by atoms with Gasteiger partial charge in [-0.15, -0.1) is 5.10 Å². The molecule has 0 aliphatic heterocycles. The third-order valence-electron chi connectivity index (χ3n) is 2.18. The summed E-state index contributed by atoms with van der Waals surface area (Å²) in [5, 5.41) is 6.93. The van der Waals surface area contributed by atoms with Crippen LogP contribution >= 0.6 is 0 Å². The molecule has 4 nitrogen and oxygen atoms in total. The zero-order valence-electron chi connectivity index (χ0n) is 8.81. The van der Waals surface area contributed by atoms with Crippen molar-refractivity contribution in [1.82, 2.24) is 15.2 Å². The summed E-state index contributed by atoms with van der Waals surface area (Å²) in [4.78, 5) is 4.24. The van der Waals surface area contributed by atoms with E-state index in [0.717, 1.165) is 11.5 Å². The van der Waals surface area contributed by atoms with E-state index in [-0.39, 0.29) is 0 Å². The number of aromatic amines is 1. The van der Waals surface area contributed by atoms with E-state index >= 15 is 0 Å².